The molecule has 0 amide bonds. The fourth-order valence-corrected chi connectivity index (χ4v) is 15.1. The molecule has 0 aromatic carbocycles. The summed E-state index contributed by atoms with van der Waals surface area (Å²) in [7, 11) is 1.90. The highest BCUT2D eigenvalue weighted by Crippen LogP contribution is 2.22. The molecule has 0 aliphatic heterocycles. The summed E-state index contributed by atoms with van der Waals surface area (Å²) in [6.07, 6.45) is 24.1. The van der Waals surface area contributed by atoms with Crippen LogP contribution in [0.5, 0.6) is 0 Å². The second kappa shape index (κ2) is 24.3. The molecule has 1 atom stereocenters. The van der Waals surface area contributed by atoms with Gasteiger partial charge in [-0.25, -0.2) is 0 Å². The first kappa shape index (κ1) is 32.8. The molecule has 3 nitrogen and oxygen atoms in total. The topological polar surface area (TPSA) is 27.7 Å². The average Bonchev–Trinajstić information content (AvgIpc) is 2.75. The second-order valence-corrected chi connectivity index (χ2v) is 18.3. The van der Waals surface area contributed by atoms with E-state index in [1.807, 2.05) is 0 Å². The van der Waals surface area contributed by atoms with Gasteiger partial charge in [0.15, 0.2) is 0 Å². The Morgan fingerprint density at radius 2 is 0.800 bits per heavy atom. The van der Waals surface area contributed by atoms with Crippen LogP contribution < -0.4 is 0 Å². The average molecular weight is 483 g/mol. The monoisotopic (exact) mass is 482 g/mol. The van der Waals surface area contributed by atoms with Crippen molar-refractivity contribution < 1.29 is 13.3 Å². The maximum Gasteiger partial charge on any atom is 0.465 e. The van der Waals surface area contributed by atoms with Crippen molar-refractivity contribution in [1.29, 1.82) is 0 Å². The Kier molecular flexibility index (Phi) is 26.5. The van der Waals surface area contributed by atoms with Crippen LogP contribution in [0.1, 0.15) is 123 Å². The van der Waals surface area contributed by atoms with Crippen LogP contribution >= 0.6 is 12.4 Å². The number of rotatable bonds is 23. The van der Waals surface area contributed by atoms with Crippen LogP contribution in [0.3, 0.4) is 0 Å². The highest BCUT2D eigenvalue weighted by molar-refractivity contribution is 7.24. The Hall–Kier alpha value is 0.604. The van der Waals surface area contributed by atoms with Gasteiger partial charge in [-0.2, -0.15) is 0 Å². The zero-order chi connectivity index (χ0) is 21.6. The van der Waals surface area contributed by atoms with Gasteiger partial charge >= 0.3 is 8.32 Å². The SMILES string of the molecule is CCCCCCCCCCCCCCCCCC[SiH](CCC)[Si](OC)(OC)OC.Cl. The fourth-order valence-electron chi connectivity index (χ4n) is 4.54. The predicted molar refractivity (Wildman–Crippen MR) is 141 cm³/mol. The minimum Gasteiger partial charge on any atom is -0.380 e. The largest absolute Gasteiger partial charge is 0.465 e. The predicted octanol–water partition coefficient (Wildman–Crippen LogP) is 8.26. The van der Waals surface area contributed by atoms with Crippen LogP contribution in [0, 0.1) is 0 Å². The molecule has 0 aliphatic carbocycles. The summed E-state index contributed by atoms with van der Waals surface area (Å²) in [5.74, 6) is 0. The fraction of sp³-hybridized carbons (Fsp3) is 1.00. The molecule has 6 heteroatoms. The molecule has 30 heavy (non-hydrogen) atoms. The molecular weight excluding hydrogens is 428 g/mol. The Labute approximate surface area is 198 Å². The molecular formula is C24H55ClO3Si2. The van der Waals surface area contributed by atoms with E-state index in [0.29, 0.717) is 0 Å². The van der Waals surface area contributed by atoms with Gasteiger partial charge in [-0.3, -0.25) is 0 Å². The molecule has 0 rings (SSSR count). The summed E-state index contributed by atoms with van der Waals surface area (Å²) in [5.41, 5.74) is 0. The number of halogens is 1. The van der Waals surface area contributed by atoms with Gasteiger partial charge in [-0.15, -0.1) is 12.4 Å². The van der Waals surface area contributed by atoms with Crippen molar-refractivity contribution in [3.63, 3.8) is 0 Å². The molecule has 0 saturated carbocycles. The van der Waals surface area contributed by atoms with E-state index in [9.17, 15) is 0 Å². The molecule has 184 valence electrons. The smallest absolute Gasteiger partial charge is 0.380 e. The van der Waals surface area contributed by atoms with E-state index >= 15 is 0 Å². The molecule has 0 aromatic heterocycles. The Morgan fingerprint density at radius 1 is 0.467 bits per heavy atom. The quantitative estimate of drug-likeness (QED) is 0.108. The van der Waals surface area contributed by atoms with Gasteiger partial charge in [0.1, 0.15) is 8.31 Å². The third kappa shape index (κ3) is 16.3. The maximum atomic E-state index is 5.79. The first-order chi connectivity index (χ1) is 14.2. The van der Waals surface area contributed by atoms with Gasteiger partial charge < -0.3 is 13.3 Å². The van der Waals surface area contributed by atoms with Gasteiger partial charge in [0.05, 0.1) is 0 Å². The summed E-state index contributed by atoms with van der Waals surface area (Å²) >= 11 is 0. The standard InChI is InChI=1S/C24H54O3Si2.ClH/c1-6-8-9-10-11-12-13-14-15-16-17-18-19-20-21-22-24-28(23-7-2)29(25-3,26-4)27-5;/h28H,6-24H2,1-5H3;1H. The van der Waals surface area contributed by atoms with Gasteiger partial charge in [0, 0.05) is 21.3 Å². The lowest BCUT2D eigenvalue weighted by molar-refractivity contribution is 0.146. The van der Waals surface area contributed by atoms with Gasteiger partial charge in [-0.05, 0) is 0 Å². The zero-order valence-corrected chi connectivity index (χ0v) is 24.1. The second-order valence-electron chi connectivity index (χ2n) is 8.79. The molecule has 1 unspecified atom stereocenters. The van der Waals surface area contributed by atoms with Crippen molar-refractivity contribution in [2.24, 2.45) is 0 Å². The van der Waals surface area contributed by atoms with Crippen LogP contribution in [-0.2, 0) is 13.3 Å². The van der Waals surface area contributed by atoms with Gasteiger partial charge in [-0.1, -0.05) is 135 Å². The minimum atomic E-state index is -2.34. The summed E-state index contributed by atoms with van der Waals surface area (Å²) in [4.78, 5) is 0. The maximum absolute atomic E-state index is 5.79. The summed E-state index contributed by atoms with van der Waals surface area (Å²) < 4.78 is 17.4. The van der Waals surface area contributed by atoms with Crippen LogP contribution in [-0.4, -0.2) is 38.0 Å². The van der Waals surface area contributed by atoms with Crippen molar-refractivity contribution in [2.75, 3.05) is 21.3 Å². The molecule has 0 aromatic rings. The summed E-state index contributed by atoms with van der Waals surface area (Å²) in [5, 5.41) is 0. The van der Waals surface area contributed by atoms with Crippen LogP contribution in [0.2, 0.25) is 12.1 Å². The van der Waals surface area contributed by atoms with E-state index in [1.54, 1.807) is 21.3 Å². The van der Waals surface area contributed by atoms with E-state index in [2.05, 4.69) is 13.8 Å². The molecule has 0 radical (unpaired) electrons. The zero-order valence-electron chi connectivity index (χ0n) is 21.1. The molecule has 0 aliphatic rings. The van der Waals surface area contributed by atoms with E-state index in [4.69, 9.17) is 13.3 Å². The highest BCUT2D eigenvalue weighted by Gasteiger charge is 2.46. The normalized spacial score (nSPS) is 12.7. The van der Waals surface area contributed by atoms with E-state index in [0.717, 1.165) is 0 Å². The molecule has 0 spiro atoms. The third-order valence-corrected chi connectivity index (χ3v) is 18.3. The van der Waals surface area contributed by atoms with Gasteiger partial charge in [0.25, 0.3) is 0 Å². The van der Waals surface area contributed by atoms with Crippen LogP contribution in [0.25, 0.3) is 0 Å². The van der Waals surface area contributed by atoms with Crippen molar-refractivity contribution in [2.45, 2.75) is 135 Å². The highest BCUT2D eigenvalue weighted by atomic mass is 35.5. The molecule has 0 fully saturated rings. The first-order valence-electron chi connectivity index (χ1n) is 12.9. The summed E-state index contributed by atoms with van der Waals surface area (Å²) in [6, 6.07) is 2.59. The van der Waals surface area contributed by atoms with E-state index in [1.165, 1.54) is 121 Å². The Bertz CT molecular complexity index is 323. The molecule has 0 bridgehead atoms. The number of unbranched alkanes of at least 4 members (excludes halogenated alkanes) is 15. The molecule has 0 heterocycles. The third-order valence-electron chi connectivity index (χ3n) is 6.40. The minimum absolute atomic E-state index is 0. The summed E-state index contributed by atoms with van der Waals surface area (Å²) in [6.45, 7) is 4.57. The molecule has 0 saturated heterocycles. The number of hydrogen-bond acceptors (Lipinski definition) is 3. The van der Waals surface area contributed by atoms with Crippen molar-refractivity contribution >= 4 is 29.0 Å². The molecule has 0 N–H and O–H groups in total. The lowest BCUT2D eigenvalue weighted by Crippen LogP contribution is -2.57. The lowest BCUT2D eigenvalue weighted by Gasteiger charge is -2.31. The van der Waals surface area contributed by atoms with Crippen LogP contribution in [0.4, 0.5) is 0 Å². The van der Waals surface area contributed by atoms with Crippen LogP contribution in [0.15, 0.2) is 0 Å². The van der Waals surface area contributed by atoms with Crippen molar-refractivity contribution in [3.8, 4) is 0 Å². The number of hydrogen-bond donors (Lipinski definition) is 0. The van der Waals surface area contributed by atoms with Gasteiger partial charge in [0.2, 0.25) is 0 Å². The Morgan fingerprint density at radius 3 is 1.10 bits per heavy atom. The van der Waals surface area contributed by atoms with Crippen molar-refractivity contribution in [1.82, 2.24) is 0 Å². The van der Waals surface area contributed by atoms with E-state index < -0.39 is 16.6 Å². The Balaban J connectivity index is 0. The lowest BCUT2D eigenvalue weighted by atomic mass is 10.0. The first-order valence-corrected chi connectivity index (χ1v) is 18.0. The van der Waals surface area contributed by atoms with E-state index in [-0.39, 0.29) is 12.4 Å². The van der Waals surface area contributed by atoms with Crippen molar-refractivity contribution in [3.05, 3.63) is 0 Å².